The molecule has 0 aliphatic heterocycles. The fourth-order valence-electron chi connectivity index (χ4n) is 4.53. The second-order valence-electron chi connectivity index (χ2n) is 11.6. The van der Waals surface area contributed by atoms with Crippen molar-refractivity contribution in [1.29, 1.82) is 0 Å². The first-order valence-electron chi connectivity index (χ1n) is 17.4. The number of carbonyl (C=O) groups excluding carboxylic acids is 1. The van der Waals surface area contributed by atoms with Gasteiger partial charge in [-0.25, -0.2) is 4.57 Å². The molecule has 0 saturated heterocycles. The third-order valence-electron chi connectivity index (χ3n) is 7.21. The Morgan fingerprint density at radius 3 is 2.00 bits per heavy atom. The lowest BCUT2D eigenvalue weighted by Gasteiger charge is -2.24. The van der Waals surface area contributed by atoms with Crippen LogP contribution in [0.5, 0.6) is 0 Å². The zero-order valence-corrected chi connectivity index (χ0v) is 29.1. The number of rotatable bonds is 31. The molecule has 0 rings (SSSR count). The molecule has 0 saturated carbocycles. The number of hydrogen-bond acceptors (Lipinski definition) is 7. The molecule has 0 spiro atoms. The first-order chi connectivity index (χ1) is 21.8. The largest absolute Gasteiger partial charge is 0.472 e. The molecular formula is C35H65N2O7P. The standard InChI is InChI=1S/C35H65N2O7P/c1-3-5-7-9-11-13-15-16-17-18-20-22-24-26-32(38)30-35(40)37-33(31-44-45(41,42)43-29-28-36)34(39)27-25-23-21-19-14-12-10-8-6-4-2/h11,13-16,19,25,27,32-34,38-39H,3-10,12,17-18,20-24,26,28-31,36H2,1-2H3,(H,37,40)(H,41,42)/b13-11-,16-15-,19-14+,27-25+. The predicted molar refractivity (Wildman–Crippen MR) is 186 cm³/mol. The van der Waals surface area contributed by atoms with Crippen molar-refractivity contribution in [3.8, 4) is 0 Å². The summed E-state index contributed by atoms with van der Waals surface area (Å²) in [5.74, 6) is -0.474. The van der Waals surface area contributed by atoms with Gasteiger partial charge in [-0.1, -0.05) is 114 Å². The van der Waals surface area contributed by atoms with Gasteiger partial charge < -0.3 is 26.2 Å². The van der Waals surface area contributed by atoms with E-state index in [0.717, 1.165) is 51.4 Å². The summed E-state index contributed by atoms with van der Waals surface area (Å²) in [6.07, 6.45) is 32.0. The molecule has 45 heavy (non-hydrogen) atoms. The van der Waals surface area contributed by atoms with E-state index in [4.69, 9.17) is 14.8 Å². The van der Waals surface area contributed by atoms with Crippen LogP contribution < -0.4 is 11.1 Å². The Morgan fingerprint density at radius 2 is 1.33 bits per heavy atom. The van der Waals surface area contributed by atoms with Crippen LogP contribution in [-0.4, -0.2) is 59.0 Å². The maximum atomic E-state index is 12.7. The minimum Gasteiger partial charge on any atom is -0.393 e. The molecule has 1 amide bonds. The Balaban J connectivity index is 4.57. The first-order valence-corrected chi connectivity index (χ1v) is 18.9. The summed E-state index contributed by atoms with van der Waals surface area (Å²) in [5, 5.41) is 23.8. The van der Waals surface area contributed by atoms with Crippen molar-refractivity contribution in [3.05, 3.63) is 48.6 Å². The van der Waals surface area contributed by atoms with E-state index in [-0.39, 0.29) is 19.6 Å². The average Bonchev–Trinajstić information content (AvgIpc) is 3.01. The zero-order chi connectivity index (χ0) is 33.4. The Morgan fingerprint density at radius 1 is 0.778 bits per heavy atom. The summed E-state index contributed by atoms with van der Waals surface area (Å²) in [6.45, 7) is 3.82. The highest BCUT2D eigenvalue weighted by molar-refractivity contribution is 7.47. The van der Waals surface area contributed by atoms with Crippen LogP contribution in [0.4, 0.5) is 0 Å². The van der Waals surface area contributed by atoms with E-state index in [9.17, 15) is 24.5 Å². The van der Waals surface area contributed by atoms with E-state index in [1.54, 1.807) is 6.08 Å². The molecule has 4 unspecified atom stereocenters. The lowest BCUT2D eigenvalue weighted by molar-refractivity contribution is -0.124. The summed E-state index contributed by atoms with van der Waals surface area (Å²) in [7, 11) is -4.40. The summed E-state index contributed by atoms with van der Waals surface area (Å²) in [5.41, 5.74) is 5.32. The number of phosphoric acid groups is 1. The molecule has 10 heteroatoms. The molecule has 262 valence electrons. The van der Waals surface area contributed by atoms with E-state index < -0.39 is 38.6 Å². The average molecular weight is 657 g/mol. The molecule has 0 heterocycles. The number of carbonyl (C=O) groups is 1. The highest BCUT2D eigenvalue weighted by Crippen LogP contribution is 2.43. The molecule has 0 aromatic carbocycles. The van der Waals surface area contributed by atoms with Gasteiger partial charge in [0, 0.05) is 6.54 Å². The van der Waals surface area contributed by atoms with Crippen LogP contribution in [0.15, 0.2) is 48.6 Å². The van der Waals surface area contributed by atoms with E-state index in [0.29, 0.717) is 12.8 Å². The SMILES string of the molecule is CCCCC/C=C\C=C/CCCCCCC(O)CC(=O)NC(COP(=O)(O)OCCN)C(O)/C=C/CC/C=C/CCCCCC. The van der Waals surface area contributed by atoms with Crippen LogP contribution in [0.3, 0.4) is 0 Å². The van der Waals surface area contributed by atoms with Gasteiger partial charge in [0.2, 0.25) is 5.91 Å². The van der Waals surface area contributed by atoms with E-state index in [1.165, 1.54) is 44.9 Å². The van der Waals surface area contributed by atoms with Gasteiger partial charge in [-0.3, -0.25) is 13.8 Å². The monoisotopic (exact) mass is 656 g/mol. The number of nitrogens with one attached hydrogen (secondary N) is 1. The van der Waals surface area contributed by atoms with Crippen molar-refractivity contribution < 1.29 is 33.5 Å². The van der Waals surface area contributed by atoms with Gasteiger partial charge in [-0.15, -0.1) is 0 Å². The summed E-state index contributed by atoms with van der Waals surface area (Å²) >= 11 is 0. The van der Waals surface area contributed by atoms with Gasteiger partial charge in [0.25, 0.3) is 0 Å². The number of unbranched alkanes of at least 4 members (excludes halogenated alkanes) is 12. The Hall–Kier alpha value is -1.58. The Bertz CT molecular complexity index is 863. The third kappa shape index (κ3) is 29.6. The second kappa shape index (κ2) is 31.0. The Kier molecular flexibility index (Phi) is 30.0. The number of nitrogens with two attached hydrogens (primary N) is 1. The fourth-order valence-corrected chi connectivity index (χ4v) is 5.29. The van der Waals surface area contributed by atoms with Crippen molar-refractivity contribution in [2.45, 2.75) is 148 Å². The van der Waals surface area contributed by atoms with E-state index in [2.05, 4.69) is 55.6 Å². The number of aliphatic hydroxyl groups excluding tert-OH is 2. The highest BCUT2D eigenvalue weighted by Gasteiger charge is 2.27. The summed E-state index contributed by atoms with van der Waals surface area (Å²) in [4.78, 5) is 22.5. The smallest absolute Gasteiger partial charge is 0.393 e. The molecule has 0 aliphatic carbocycles. The van der Waals surface area contributed by atoms with Crippen LogP contribution in [0, 0.1) is 0 Å². The number of aliphatic hydroxyl groups is 2. The molecule has 9 nitrogen and oxygen atoms in total. The van der Waals surface area contributed by atoms with Crippen molar-refractivity contribution >= 4 is 13.7 Å². The minimum atomic E-state index is -4.40. The van der Waals surface area contributed by atoms with Gasteiger partial charge in [0.1, 0.15) is 0 Å². The van der Waals surface area contributed by atoms with E-state index in [1.807, 2.05) is 6.08 Å². The van der Waals surface area contributed by atoms with Gasteiger partial charge in [-0.05, 0) is 57.8 Å². The molecule has 0 fully saturated rings. The van der Waals surface area contributed by atoms with Crippen molar-refractivity contribution in [2.75, 3.05) is 19.8 Å². The van der Waals surface area contributed by atoms with Gasteiger partial charge in [-0.2, -0.15) is 0 Å². The molecule has 0 bridgehead atoms. The maximum absolute atomic E-state index is 12.7. The number of phosphoric ester groups is 1. The predicted octanol–water partition coefficient (Wildman–Crippen LogP) is 7.57. The van der Waals surface area contributed by atoms with E-state index >= 15 is 0 Å². The molecular weight excluding hydrogens is 591 g/mol. The zero-order valence-electron chi connectivity index (χ0n) is 28.2. The quantitative estimate of drug-likeness (QED) is 0.0222. The van der Waals surface area contributed by atoms with Crippen molar-refractivity contribution in [2.24, 2.45) is 5.73 Å². The highest BCUT2D eigenvalue weighted by atomic mass is 31.2. The lowest BCUT2D eigenvalue weighted by atomic mass is 10.0. The second-order valence-corrected chi connectivity index (χ2v) is 13.0. The lowest BCUT2D eigenvalue weighted by Crippen LogP contribution is -2.46. The van der Waals surface area contributed by atoms with Crippen LogP contribution >= 0.6 is 7.82 Å². The molecule has 0 aromatic heterocycles. The van der Waals surface area contributed by atoms with Crippen LogP contribution in [0.1, 0.15) is 129 Å². The van der Waals surface area contributed by atoms with Crippen LogP contribution in [0.2, 0.25) is 0 Å². The van der Waals surface area contributed by atoms with Gasteiger partial charge in [0.05, 0.1) is 37.9 Å². The number of hydrogen-bond donors (Lipinski definition) is 5. The normalized spacial score (nSPS) is 15.8. The fraction of sp³-hybridized carbons (Fsp3) is 0.743. The molecule has 0 radical (unpaired) electrons. The third-order valence-corrected chi connectivity index (χ3v) is 8.19. The summed E-state index contributed by atoms with van der Waals surface area (Å²) in [6, 6.07) is -1.00. The van der Waals surface area contributed by atoms with Crippen molar-refractivity contribution in [3.63, 3.8) is 0 Å². The molecule has 6 N–H and O–H groups in total. The van der Waals surface area contributed by atoms with Gasteiger partial charge >= 0.3 is 7.82 Å². The maximum Gasteiger partial charge on any atom is 0.472 e. The van der Waals surface area contributed by atoms with Crippen LogP contribution in [-0.2, 0) is 18.4 Å². The summed E-state index contributed by atoms with van der Waals surface area (Å²) < 4.78 is 21.9. The number of amides is 1. The topological polar surface area (TPSA) is 151 Å². The molecule has 4 atom stereocenters. The molecule has 0 aromatic rings. The minimum absolute atomic E-state index is 0.0401. The van der Waals surface area contributed by atoms with Crippen molar-refractivity contribution in [1.82, 2.24) is 5.32 Å². The first kappa shape index (κ1) is 43.4. The number of allylic oxidation sites excluding steroid dienone is 7. The molecule has 0 aliphatic rings. The Labute approximate surface area is 274 Å². The van der Waals surface area contributed by atoms with Crippen LogP contribution in [0.25, 0.3) is 0 Å². The van der Waals surface area contributed by atoms with Gasteiger partial charge in [0.15, 0.2) is 0 Å².